The fraction of sp³-hybridized carbons (Fsp3) is 0.250. The van der Waals surface area contributed by atoms with Gasteiger partial charge in [-0.05, 0) is 49.5 Å². The van der Waals surface area contributed by atoms with Gasteiger partial charge < -0.3 is 10.2 Å². The maximum absolute atomic E-state index is 5.87. The molecule has 0 aliphatic heterocycles. The number of rotatable bonds is 5. The second-order valence-electron chi connectivity index (χ2n) is 4.92. The maximum atomic E-state index is 5.87. The van der Waals surface area contributed by atoms with E-state index in [2.05, 4.69) is 48.6 Å². The van der Waals surface area contributed by atoms with Gasteiger partial charge in [0.15, 0.2) is 0 Å². The summed E-state index contributed by atoms with van der Waals surface area (Å²) in [7, 11) is 4.16. The Bertz CT molecular complexity index is 521. The Balaban J connectivity index is 1.97. The first-order valence-electron chi connectivity index (χ1n) is 6.35. The molecular weight excluding hydrogens is 256 g/mol. The van der Waals surface area contributed by atoms with Gasteiger partial charge in [-0.15, -0.1) is 0 Å². The molecule has 0 atom stereocenters. The topological polar surface area (TPSA) is 15.3 Å². The van der Waals surface area contributed by atoms with Crippen molar-refractivity contribution < 1.29 is 0 Å². The van der Waals surface area contributed by atoms with Gasteiger partial charge >= 0.3 is 0 Å². The van der Waals surface area contributed by atoms with Crippen molar-refractivity contribution in [2.75, 3.05) is 19.4 Å². The zero-order chi connectivity index (χ0) is 13.7. The van der Waals surface area contributed by atoms with Crippen LogP contribution in [0, 0.1) is 0 Å². The summed E-state index contributed by atoms with van der Waals surface area (Å²) in [5.41, 5.74) is 3.71. The van der Waals surface area contributed by atoms with Gasteiger partial charge in [0.25, 0.3) is 0 Å². The normalized spacial score (nSPS) is 10.7. The molecule has 0 aliphatic carbocycles. The summed E-state index contributed by atoms with van der Waals surface area (Å²) in [6.07, 6.45) is 0. The molecule has 2 aromatic rings. The van der Waals surface area contributed by atoms with Crippen molar-refractivity contribution in [2.24, 2.45) is 0 Å². The van der Waals surface area contributed by atoms with Crippen LogP contribution in [0.15, 0.2) is 48.5 Å². The van der Waals surface area contributed by atoms with E-state index in [0.29, 0.717) is 0 Å². The average Bonchev–Trinajstić information content (AvgIpc) is 2.38. The number of hydrogen-bond acceptors (Lipinski definition) is 2. The zero-order valence-corrected chi connectivity index (χ0v) is 12.1. The van der Waals surface area contributed by atoms with Crippen molar-refractivity contribution >= 4 is 17.3 Å². The van der Waals surface area contributed by atoms with Gasteiger partial charge in [-0.2, -0.15) is 0 Å². The Morgan fingerprint density at radius 2 is 1.68 bits per heavy atom. The van der Waals surface area contributed by atoms with Gasteiger partial charge in [0.05, 0.1) is 0 Å². The van der Waals surface area contributed by atoms with Crippen molar-refractivity contribution in [3.05, 3.63) is 64.7 Å². The van der Waals surface area contributed by atoms with Crippen LogP contribution in [0.4, 0.5) is 5.69 Å². The highest BCUT2D eigenvalue weighted by atomic mass is 35.5. The number of halogens is 1. The van der Waals surface area contributed by atoms with Gasteiger partial charge in [-0.1, -0.05) is 35.9 Å². The van der Waals surface area contributed by atoms with E-state index < -0.39 is 0 Å². The average molecular weight is 275 g/mol. The summed E-state index contributed by atoms with van der Waals surface area (Å²) in [4.78, 5) is 2.17. The third kappa shape index (κ3) is 4.58. The van der Waals surface area contributed by atoms with Crippen LogP contribution in [0.5, 0.6) is 0 Å². The van der Waals surface area contributed by atoms with Crippen molar-refractivity contribution in [2.45, 2.75) is 13.1 Å². The second kappa shape index (κ2) is 6.60. The van der Waals surface area contributed by atoms with Gasteiger partial charge in [-0.3, -0.25) is 0 Å². The maximum Gasteiger partial charge on any atom is 0.0407 e. The standard InChI is InChI=1S/C16H19ClN2/c1-19(2)12-14-5-3-4-13(10-14)11-18-16-8-6-15(17)7-9-16/h3-10,18H,11-12H2,1-2H3. The van der Waals surface area contributed by atoms with Gasteiger partial charge in [0.2, 0.25) is 0 Å². The molecule has 0 spiro atoms. The molecule has 0 unspecified atom stereocenters. The zero-order valence-electron chi connectivity index (χ0n) is 11.4. The Hall–Kier alpha value is -1.51. The Morgan fingerprint density at radius 1 is 1.00 bits per heavy atom. The predicted molar refractivity (Wildman–Crippen MR) is 82.6 cm³/mol. The molecule has 0 amide bonds. The molecule has 2 rings (SSSR count). The number of nitrogens with zero attached hydrogens (tertiary/aromatic N) is 1. The van der Waals surface area contributed by atoms with Crippen molar-refractivity contribution in [1.82, 2.24) is 4.90 Å². The van der Waals surface area contributed by atoms with Crippen molar-refractivity contribution in [3.8, 4) is 0 Å². The molecule has 0 aliphatic rings. The van der Waals surface area contributed by atoms with Crippen LogP contribution in [0.2, 0.25) is 5.02 Å². The summed E-state index contributed by atoms with van der Waals surface area (Å²) in [6.45, 7) is 1.79. The lowest BCUT2D eigenvalue weighted by Gasteiger charge is -2.11. The number of nitrogens with one attached hydrogen (secondary N) is 1. The fourth-order valence-electron chi connectivity index (χ4n) is 1.97. The van der Waals surface area contributed by atoms with Crippen molar-refractivity contribution in [3.63, 3.8) is 0 Å². The molecule has 2 aromatic carbocycles. The molecule has 100 valence electrons. The predicted octanol–water partition coefficient (Wildman–Crippen LogP) is 4.01. The van der Waals surface area contributed by atoms with E-state index in [0.717, 1.165) is 23.8 Å². The summed E-state index contributed by atoms with van der Waals surface area (Å²) in [5.74, 6) is 0. The Morgan fingerprint density at radius 3 is 2.37 bits per heavy atom. The van der Waals surface area contributed by atoms with Crippen LogP contribution in [0.1, 0.15) is 11.1 Å². The van der Waals surface area contributed by atoms with Crippen LogP contribution in [-0.2, 0) is 13.1 Å². The van der Waals surface area contributed by atoms with E-state index in [9.17, 15) is 0 Å². The van der Waals surface area contributed by atoms with Crippen LogP contribution in [0.3, 0.4) is 0 Å². The van der Waals surface area contributed by atoms with E-state index in [1.165, 1.54) is 11.1 Å². The van der Waals surface area contributed by atoms with Crippen LogP contribution in [-0.4, -0.2) is 19.0 Å². The fourth-order valence-corrected chi connectivity index (χ4v) is 2.10. The van der Waals surface area contributed by atoms with E-state index in [1.807, 2.05) is 24.3 Å². The molecule has 1 N–H and O–H groups in total. The van der Waals surface area contributed by atoms with Crippen LogP contribution >= 0.6 is 11.6 Å². The quantitative estimate of drug-likeness (QED) is 0.886. The van der Waals surface area contributed by atoms with Crippen LogP contribution in [0.25, 0.3) is 0 Å². The first-order valence-corrected chi connectivity index (χ1v) is 6.73. The third-order valence-corrected chi connectivity index (χ3v) is 3.08. The molecule has 0 saturated carbocycles. The highest BCUT2D eigenvalue weighted by molar-refractivity contribution is 6.30. The van der Waals surface area contributed by atoms with Crippen LogP contribution < -0.4 is 5.32 Å². The molecule has 2 nitrogen and oxygen atoms in total. The van der Waals surface area contributed by atoms with Gasteiger partial charge in [0.1, 0.15) is 0 Å². The largest absolute Gasteiger partial charge is 0.381 e. The lowest BCUT2D eigenvalue weighted by atomic mass is 10.1. The first kappa shape index (κ1) is 13.9. The first-order chi connectivity index (χ1) is 9.13. The van der Waals surface area contributed by atoms with Crippen molar-refractivity contribution in [1.29, 1.82) is 0 Å². The molecule has 0 fully saturated rings. The molecule has 0 radical (unpaired) electrons. The summed E-state index contributed by atoms with van der Waals surface area (Å²) in [6, 6.07) is 16.4. The SMILES string of the molecule is CN(C)Cc1cccc(CNc2ccc(Cl)cc2)c1. The van der Waals surface area contributed by atoms with Gasteiger partial charge in [0, 0.05) is 23.8 Å². The highest BCUT2D eigenvalue weighted by Gasteiger charge is 1.98. The summed E-state index contributed by atoms with van der Waals surface area (Å²) < 4.78 is 0. The lowest BCUT2D eigenvalue weighted by Crippen LogP contribution is -2.11. The molecule has 19 heavy (non-hydrogen) atoms. The Labute approximate surface area is 120 Å². The van der Waals surface area contributed by atoms with E-state index in [-0.39, 0.29) is 0 Å². The van der Waals surface area contributed by atoms with Gasteiger partial charge in [-0.25, -0.2) is 0 Å². The second-order valence-corrected chi connectivity index (χ2v) is 5.35. The van der Waals surface area contributed by atoms with E-state index in [1.54, 1.807) is 0 Å². The smallest absolute Gasteiger partial charge is 0.0407 e. The monoisotopic (exact) mass is 274 g/mol. The number of benzene rings is 2. The minimum Gasteiger partial charge on any atom is -0.381 e. The van der Waals surface area contributed by atoms with E-state index in [4.69, 9.17) is 11.6 Å². The molecule has 0 heterocycles. The minimum absolute atomic E-state index is 0.763. The molecular formula is C16H19ClN2. The molecule has 3 heteroatoms. The third-order valence-electron chi connectivity index (χ3n) is 2.83. The van der Waals surface area contributed by atoms with E-state index >= 15 is 0 Å². The summed E-state index contributed by atoms with van der Waals surface area (Å²) in [5, 5.41) is 4.16. The highest BCUT2D eigenvalue weighted by Crippen LogP contribution is 2.15. The molecule has 0 bridgehead atoms. The summed E-state index contributed by atoms with van der Waals surface area (Å²) >= 11 is 5.87. The Kier molecular flexibility index (Phi) is 4.83. The molecule has 0 aromatic heterocycles. The number of anilines is 1. The number of hydrogen-bond donors (Lipinski definition) is 1. The molecule has 0 saturated heterocycles. The minimum atomic E-state index is 0.763. The lowest BCUT2D eigenvalue weighted by molar-refractivity contribution is 0.402.